The van der Waals surface area contributed by atoms with E-state index in [4.69, 9.17) is 9.84 Å². The van der Waals surface area contributed by atoms with Crippen molar-refractivity contribution in [3.63, 3.8) is 0 Å². The zero-order chi connectivity index (χ0) is 13.2. The third kappa shape index (κ3) is 2.47. The van der Waals surface area contributed by atoms with Crippen LogP contribution in [0, 0.1) is 0 Å². The van der Waals surface area contributed by atoms with Crippen molar-refractivity contribution in [2.45, 2.75) is 18.9 Å². The maximum absolute atomic E-state index is 11.0. The van der Waals surface area contributed by atoms with Crippen molar-refractivity contribution >= 4 is 17.0 Å². The lowest BCUT2D eigenvalue weighted by Crippen LogP contribution is -2.43. The second-order valence-corrected chi connectivity index (χ2v) is 4.73. The fourth-order valence-electron chi connectivity index (χ4n) is 2.39. The number of nitrogens with one attached hydrogen (secondary N) is 1. The van der Waals surface area contributed by atoms with Crippen molar-refractivity contribution in [1.29, 1.82) is 0 Å². The Kier molecular flexibility index (Phi) is 2.98. The molecule has 6 nitrogen and oxygen atoms in total. The standard InChI is InChI=1S/C13H15N3O3/c17-13(18)16-5-1-2-11(8-16)19-10-3-4-12-9(6-10)7-14-15-12/h3-4,6-7,11H,1-2,5,8H2,(H,14,15)(H,17,18). The Morgan fingerprint density at radius 3 is 3.26 bits per heavy atom. The second kappa shape index (κ2) is 4.79. The first-order valence-corrected chi connectivity index (χ1v) is 6.30. The average molecular weight is 261 g/mol. The first-order chi connectivity index (χ1) is 9.22. The molecule has 0 bridgehead atoms. The van der Waals surface area contributed by atoms with Crippen LogP contribution in [0.4, 0.5) is 4.79 Å². The minimum atomic E-state index is -0.876. The molecule has 0 spiro atoms. The smallest absolute Gasteiger partial charge is 0.407 e. The molecule has 1 unspecified atom stereocenters. The zero-order valence-electron chi connectivity index (χ0n) is 10.4. The van der Waals surface area contributed by atoms with Crippen LogP contribution in [0.5, 0.6) is 5.75 Å². The van der Waals surface area contributed by atoms with Gasteiger partial charge in [0.05, 0.1) is 18.3 Å². The van der Waals surface area contributed by atoms with Crippen LogP contribution in [0.2, 0.25) is 0 Å². The number of hydrogen-bond donors (Lipinski definition) is 2. The van der Waals surface area contributed by atoms with Crippen molar-refractivity contribution in [2.75, 3.05) is 13.1 Å². The minimum Gasteiger partial charge on any atom is -0.489 e. The molecular formula is C13H15N3O3. The maximum Gasteiger partial charge on any atom is 0.407 e. The minimum absolute atomic E-state index is 0.0748. The molecule has 2 heterocycles. The number of aromatic amines is 1. The lowest BCUT2D eigenvalue weighted by atomic mass is 10.1. The van der Waals surface area contributed by atoms with Crippen molar-refractivity contribution in [1.82, 2.24) is 15.1 Å². The number of carbonyl (C=O) groups is 1. The monoisotopic (exact) mass is 261 g/mol. The molecule has 1 aromatic carbocycles. The largest absolute Gasteiger partial charge is 0.489 e. The molecule has 3 rings (SSSR count). The molecule has 1 saturated heterocycles. The van der Waals surface area contributed by atoms with Crippen LogP contribution in [-0.2, 0) is 0 Å². The van der Waals surface area contributed by atoms with E-state index in [1.807, 2.05) is 18.2 Å². The molecule has 1 amide bonds. The average Bonchev–Trinajstić information content (AvgIpc) is 2.86. The van der Waals surface area contributed by atoms with Gasteiger partial charge in [-0.05, 0) is 31.0 Å². The number of hydrogen-bond acceptors (Lipinski definition) is 3. The number of ether oxygens (including phenoxy) is 1. The van der Waals surface area contributed by atoms with E-state index in [9.17, 15) is 4.79 Å². The maximum atomic E-state index is 11.0. The highest BCUT2D eigenvalue weighted by molar-refractivity contribution is 5.79. The van der Waals surface area contributed by atoms with E-state index in [0.717, 1.165) is 29.5 Å². The summed E-state index contributed by atoms with van der Waals surface area (Å²) < 4.78 is 5.87. The number of amides is 1. The van der Waals surface area contributed by atoms with Crippen LogP contribution in [0.15, 0.2) is 24.4 Å². The summed E-state index contributed by atoms with van der Waals surface area (Å²) in [6.07, 6.45) is 2.51. The van der Waals surface area contributed by atoms with Gasteiger partial charge in [0.1, 0.15) is 11.9 Å². The molecular weight excluding hydrogens is 246 g/mol. The number of fused-ring (bicyclic) bond motifs is 1. The molecule has 1 aliphatic rings. The van der Waals surface area contributed by atoms with Gasteiger partial charge in [-0.1, -0.05) is 0 Å². The van der Waals surface area contributed by atoms with E-state index in [1.165, 1.54) is 4.90 Å². The van der Waals surface area contributed by atoms with Gasteiger partial charge in [0.2, 0.25) is 0 Å². The summed E-state index contributed by atoms with van der Waals surface area (Å²) in [5.74, 6) is 0.756. The van der Waals surface area contributed by atoms with Crippen LogP contribution in [0.1, 0.15) is 12.8 Å². The summed E-state index contributed by atoms with van der Waals surface area (Å²) >= 11 is 0. The van der Waals surface area contributed by atoms with Crippen molar-refractivity contribution in [3.8, 4) is 5.75 Å². The van der Waals surface area contributed by atoms with E-state index >= 15 is 0 Å². The first-order valence-electron chi connectivity index (χ1n) is 6.30. The quantitative estimate of drug-likeness (QED) is 0.867. The van der Waals surface area contributed by atoms with Gasteiger partial charge in [-0.3, -0.25) is 5.10 Å². The normalized spacial score (nSPS) is 19.6. The van der Waals surface area contributed by atoms with Gasteiger partial charge in [0.25, 0.3) is 0 Å². The zero-order valence-corrected chi connectivity index (χ0v) is 10.4. The summed E-state index contributed by atoms with van der Waals surface area (Å²) in [5, 5.41) is 16.8. The van der Waals surface area contributed by atoms with Crippen LogP contribution in [-0.4, -0.2) is 45.5 Å². The predicted molar refractivity (Wildman–Crippen MR) is 69.3 cm³/mol. The second-order valence-electron chi connectivity index (χ2n) is 4.73. The van der Waals surface area contributed by atoms with Crippen molar-refractivity contribution in [2.24, 2.45) is 0 Å². The molecule has 2 N–H and O–H groups in total. The van der Waals surface area contributed by atoms with E-state index in [2.05, 4.69) is 10.2 Å². The van der Waals surface area contributed by atoms with Crippen LogP contribution in [0.25, 0.3) is 10.9 Å². The van der Waals surface area contributed by atoms with Gasteiger partial charge in [-0.15, -0.1) is 0 Å². The molecule has 19 heavy (non-hydrogen) atoms. The molecule has 1 fully saturated rings. The van der Waals surface area contributed by atoms with Gasteiger partial charge in [-0.25, -0.2) is 4.79 Å². The number of piperidine rings is 1. The fraction of sp³-hybridized carbons (Fsp3) is 0.385. The van der Waals surface area contributed by atoms with Crippen LogP contribution >= 0.6 is 0 Å². The van der Waals surface area contributed by atoms with Gasteiger partial charge >= 0.3 is 6.09 Å². The molecule has 0 radical (unpaired) electrons. The van der Waals surface area contributed by atoms with Crippen molar-refractivity contribution < 1.29 is 14.6 Å². The predicted octanol–water partition coefficient (Wildman–Crippen LogP) is 2.08. The van der Waals surface area contributed by atoms with E-state index in [-0.39, 0.29) is 6.10 Å². The van der Waals surface area contributed by atoms with Crippen LogP contribution in [0.3, 0.4) is 0 Å². The lowest BCUT2D eigenvalue weighted by Gasteiger charge is -2.30. The molecule has 0 saturated carbocycles. The van der Waals surface area contributed by atoms with E-state index < -0.39 is 6.09 Å². The third-order valence-corrected chi connectivity index (χ3v) is 3.36. The Balaban J connectivity index is 1.71. The molecule has 0 aliphatic carbocycles. The Morgan fingerprint density at radius 1 is 1.53 bits per heavy atom. The van der Waals surface area contributed by atoms with Gasteiger partial charge in [0.15, 0.2) is 0 Å². The molecule has 1 aliphatic heterocycles. The van der Waals surface area contributed by atoms with Gasteiger partial charge < -0.3 is 14.7 Å². The Morgan fingerprint density at radius 2 is 2.42 bits per heavy atom. The van der Waals surface area contributed by atoms with Crippen molar-refractivity contribution in [3.05, 3.63) is 24.4 Å². The number of carboxylic acid groups (broad SMARTS) is 1. The number of likely N-dealkylation sites (tertiary alicyclic amines) is 1. The topological polar surface area (TPSA) is 78.5 Å². The van der Waals surface area contributed by atoms with E-state index in [1.54, 1.807) is 6.20 Å². The van der Waals surface area contributed by atoms with Gasteiger partial charge in [0, 0.05) is 11.9 Å². The summed E-state index contributed by atoms with van der Waals surface area (Å²) in [7, 11) is 0. The summed E-state index contributed by atoms with van der Waals surface area (Å²) in [4.78, 5) is 12.4. The summed E-state index contributed by atoms with van der Waals surface area (Å²) in [6, 6.07) is 5.70. The highest BCUT2D eigenvalue weighted by Crippen LogP contribution is 2.22. The molecule has 1 atom stereocenters. The summed E-state index contributed by atoms with van der Waals surface area (Å²) in [6.45, 7) is 1.02. The Hall–Kier alpha value is -2.24. The number of nitrogens with zero attached hydrogens (tertiary/aromatic N) is 2. The molecule has 2 aromatic rings. The molecule has 6 heteroatoms. The highest BCUT2D eigenvalue weighted by atomic mass is 16.5. The third-order valence-electron chi connectivity index (χ3n) is 3.36. The number of benzene rings is 1. The Bertz CT molecular complexity index is 596. The molecule has 1 aromatic heterocycles. The number of H-pyrrole nitrogens is 1. The van der Waals surface area contributed by atoms with E-state index in [0.29, 0.717) is 13.1 Å². The van der Waals surface area contributed by atoms with Gasteiger partial charge in [-0.2, -0.15) is 5.10 Å². The number of aromatic nitrogens is 2. The first kappa shape index (κ1) is 11.8. The Labute approximate surface area is 110 Å². The van der Waals surface area contributed by atoms with Crippen LogP contribution < -0.4 is 4.74 Å². The fourth-order valence-corrected chi connectivity index (χ4v) is 2.39. The summed E-state index contributed by atoms with van der Waals surface area (Å²) in [5.41, 5.74) is 0.961. The number of rotatable bonds is 2. The molecule has 100 valence electrons. The lowest BCUT2D eigenvalue weighted by molar-refractivity contribution is 0.0792. The highest BCUT2D eigenvalue weighted by Gasteiger charge is 2.24. The SMILES string of the molecule is O=C(O)N1CCCC(Oc2ccc3[nH]ncc3c2)C1.